The predicted molar refractivity (Wildman–Crippen MR) is 77.9 cm³/mol. The molecular formula is C14H16ClN3. The van der Waals surface area contributed by atoms with Gasteiger partial charge in [0, 0.05) is 17.3 Å². The lowest BCUT2D eigenvalue weighted by Crippen LogP contribution is -2.01. The third-order valence-electron chi connectivity index (χ3n) is 2.57. The Kier molecular flexibility index (Phi) is 4.05. The SMILES string of the molecule is CCNc1cccc(Nc2cc(Cl)ccc2C)n1. The van der Waals surface area contributed by atoms with Crippen LogP contribution < -0.4 is 10.6 Å². The highest BCUT2D eigenvalue weighted by atomic mass is 35.5. The number of hydrogen-bond donors (Lipinski definition) is 2. The van der Waals surface area contributed by atoms with Crippen LogP contribution in [0.25, 0.3) is 0 Å². The van der Waals surface area contributed by atoms with Gasteiger partial charge in [-0.25, -0.2) is 4.98 Å². The van der Waals surface area contributed by atoms with E-state index in [1.54, 1.807) is 0 Å². The molecule has 0 fully saturated rings. The summed E-state index contributed by atoms with van der Waals surface area (Å²) < 4.78 is 0. The molecule has 0 aliphatic carbocycles. The summed E-state index contributed by atoms with van der Waals surface area (Å²) in [7, 11) is 0. The highest BCUT2D eigenvalue weighted by Gasteiger charge is 2.02. The van der Waals surface area contributed by atoms with Crippen LogP contribution in [-0.2, 0) is 0 Å². The van der Waals surface area contributed by atoms with Gasteiger partial charge < -0.3 is 10.6 Å². The minimum atomic E-state index is 0.714. The maximum atomic E-state index is 5.99. The van der Waals surface area contributed by atoms with Crippen LogP contribution in [0.1, 0.15) is 12.5 Å². The van der Waals surface area contributed by atoms with Gasteiger partial charge in [-0.3, -0.25) is 0 Å². The first-order valence-corrected chi connectivity index (χ1v) is 6.31. The second-order valence-corrected chi connectivity index (χ2v) is 4.46. The van der Waals surface area contributed by atoms with Crippen LogP contribution in [0.3, 0.4) is 0 Å². The molecular weight excluding hydrogens is 246 g/mol. The lowest BCUT2D eigenvalue weighted by atomic mass is 10.2. The molecule has 0 atom stereocenters. The van der Waals surface area contributed by atoms with E-state index in [-0.39, 0.29) is 0 Å². The van der Waals surface area contributed by atoms with Crippen molar-refractivity contribution in [2.45, 2.75) is 13.8 Å². The zero-order valence-electron chi connectivity index (χ0n) is 10.5. The molecule has 1 aromatic heterocycles. The maximum absolute atomic E-state index is 5.99. The lowest BCUT2D eigenvalue weighted by molar-refractivity contribution is 1.16. The molecule has 0 radical (unpaired) electrons. The van der Waals surface area contributed by atoms with Crippen LogP contribution in [0.5, 0.6) is 0 Å². The Balaban J connectivity index is 2.22. The van der Waals surface area contributed by atoms with Crippen LogP contribution in [-0.4, -0.2) is 11.5 Å². The number of benzene rings is 1. The second kappa shape index (κ2) is 5.74. The summed E-state index contributed by atoms with van der Waals surface area (Å²) in [5.41, 5.74) is 2.11. The molecule has 0 amide bonds. The summed E-state index contributed by atoms with van der Waals surface area (Å²) >= 11 is 5.99. The second-order valence-electron chi connectivity index (χ2n) is 4.02. The smallest absolute Gasteiger partial charge is 0.132 e. The molecule has 0 aliphatic rings. The molecule has 0 saturated carbocycles. The first kappa shape index (κ1) is 12.7. The number of halogens is 1. The van der Waals surface area contributed by atoms with Crippen molar-refractivity contribution in [1.82, 2.24) is 4.98 Å². The molecule has 94 valence electrons. The van der Waals surface area contributed by atoms with Crippen molar-refractivity contribution in [1.29, 1.82) is 0 Å². The molecule has 4 heteroatoms. The number of nitrogens with one attached hydrogen (secondary N) is 2. The van der Waals surface area contributed by atoms with Gasteiger partial charge in [0.1, 0.15) is 11.6 Å². The van der Waals surface area contributed by atoms with Crippen molar-refractivity contribution in [2.24, 2.45) is 0 Å². The standard InChI is InChI=1S/C14H16ClN3/c1-3-16-13-5-4-6-14(18-13)17-12-9-11(15)8-7-10(12)2/h4-9H,3H2,1-2H3,(H2,16,17,18). The number of hydrogen-bond acceptors (Lipinski definition) is 3. The van der Waals surface area contributed by atoms with Gasteiger partial charge in [0.2, 0.25) is 0 Å². The van der Waals surface area contributed by atoms with E-state index in [2.05, 4.69) is 15.6 Å². The van der Waals surface area contributed by atoms with E-state index in [0.29, 0.717) is 5.02 Å². The summed E-state index contributed by atoms with van der Waals surface area (Å²) in [6.45, 7) is 4.93. The van der Waals surface area contributed by atoms with Crippen LogP contribution in [0.2, 0.25) is 5.02 Å². The number of anilines is 3. The molecule has 0 saturated heterocycles. The van der Waals surface area contributed by atoms with Crippen LogP contribution in [0.15, 0.2) is 36.4 Å². The molecule has 0 spiro atoms. The summed E-state index contributed by atoms with van der Waals surface area (Å²) in [6.07, 6.45) is 0. The van der Waals surface area contributed by atoms with Gasteiger partial charge in [0.25, 0.3) is 0 Å². The van der Waals surface area contributed by atoms with E-state index < -0.39 is 0 Å². The molecule has 0 bridgehead atoms. The van der Waals surface area contributed by atoms with Gasteiger partial charge in [-0.15, -0.1) is 0 Å². The van der Waals surface area contributed by atoms with Gasteiger partial charge in [-0.05, 0) is 43.7 Å². The van der Waals surface area contributed by atoms with E-state index >= 15 is 0 Å². The van der Waals surface area contributed by atoms with Gasteiger partial charge in [-0.1, -0.05) is 23.7 Å². The fourth-order valence-corrected chi connectivity index (χ4v) is 1.82. The predicted octanol–water partition coefficient (Wildman–Crippen LogP) is 4.22. The number of rotatable bonds is 4. The molecule has 1 aromatic carbocycles. The van der Waals surface area contributed by atoms with Crippen molar-refractivity contribution in [2.75, 3.05) is 17.2 Å². The summed E-state index contributed by atoms with van der Waals surface area (Å²) in [5, 5.41) is 7.17. The highest BCUT2D eigenvalue weighted by molar-refractivity contribution is 6.30. The molecule has 0 unspecified atom stereocenters. The Morgan fingerprint density at radius 3 is 2.72 bits per heavy atom. The normalized spacial score (nSPS) is 10.2. The van der Waals surface area contributed by atoms with Crippen molar-refractivity contribution in [3.05, 3.63) is 47.0 Å². The average Bonchev–Trinajstić information content (AvgIpc) is 2.35. The van der Waals surface area contributed by atoms with Gasteiger partial charge in [-0.2, -0.15) is 0 Å². The van der Waals surface area contributed by atoms with Gasteiger partial charge in [0.15, 0.2) is 0 Å². The van der Waals surface area contributed by atoms with Crippen molar-refractivity contribution in [3.8, 4) is 0 Å². The third-order valence-corrected chi connectivity index (χ3v) is 2.80. The van der Waals surface area contributed by atoms with E-state index in [1.807, 2.05) is 50.2 Å². The molecule has 2 N–H and O–H groups in total. The lowest BCUT2D eigenvalue weighted by Gasteiger charge is -2.10. The van der Waals surface area contributed by atoms with E-state index in [4.69, 9.17) is 11.6 Å². The maximum Gasteiger partial charge on any atom is 0.132 e. The number of aromatic nitrogens is 1. The fraction of sp³-hybridized carbons (Fsp3) is 0.214. The first-order valence-electron chi connectivity index (χ1n) is 5.93. The summed E-state index contributed by atoms with van der Waals surface area (Å²) in [4.78, 5) is 4.46. The molecule has 18 heavy (non-hydrogen) atoms. The Morgan fingerprint density at radius 2 is 1.94 bits per heavy atom. The Labute approximate surface area is 112 Å². The largest absolute Gasteiger partial charge is 0.370 e. The zero-order valence-corrected chi connectivity index (χ0v) is 11.3. The fourth-order valence-electron chi connectivity index (χ4n) is 1.65. The van der Waals surface area contributed by atoms with Gasteiger partial charge >= 0.3 is 0 Å². The van der Waals surface area contributed by atoms with E-state index in [1.165, 1.54) is 0 Å². The summed E-state index contributed by atoms with van der Waals surface area (Å²) in [6, 6.07) is 11.6. The minimum absolute atomic E-state index is 0.714. The Morgan fingerprint density at radius 1 is 1.17 bits per heavy atom. The van der Waals surface area contributed by atoms with E-state index in [9.17, 15) is 0 Å². The zero-order chi connectivity index (χ0) is 13.0. The Hall–Kier alpha value is -1.74. The Bertz CT molecular complexity index is 540. The summed E-state index contributed by atoms with van der Waals surface area (Å²) in [5.74, 6) is 1.67. The topological polar surface area (TPSA) is 37.0 Å². The number of pyridine rings is 1. The molecule has 2 rings (SSSR count). The van der Waals surface area contributed by atoms with Crippen LogP contribution >= 0.6 is 11.6 Å². The van der Waals surface area contributed by atoms with Crippen molar-refractivity contribution >= 4 is 28.9 Å². The van der Waals surface area contributed by atoms with Gasteiger partial charge in [0.05, 0.1) is 0 Å². The van der Waals surface area contributed by atoms with E-state index in [0.717, 1.165) is 29.4 Å². The van der Waals surface area contributed by atoms with Crippen molar-refractivity contribution < 1.29 is 0 Å². The molecule has 3 nitrogen and oxygen atoms in total. The monoisotopic (exact) mass is 261 g/mol. The minimum Gasteiger partial charge on any atom is -0.370 e. The average molecular weight is 262 g/mol. The number of nitrogens with zero attached hydrogens (tertiary/aromatic N) is 1. The van der Waals surface area contributed by atoms with Crippen LogP contribution in [0.4, 0.5) is 17.3 Å². The highest BCUT2D eigenvalue weighted by Crippen LogP contribution is 2.23. The molecule has 0 aliphatic heterocycles. The van der Waals surface area contributed by atoms with Crippen LogP contribution in [0, 0.1) is 6.92 Å². The molecule has 1 heterocycles. The molecule has 2 aromatic rings. The number of aryl methyl sites for hydroxylation is 1. The van der Waals surface area contributed by atoms with Crippen molar-refractivity contribution in [3.63, 3.8) is 0 Å². The first-order chi connectivity index (χ1) is 8.69. The quantitative estimate of drug-likeness (QED) is 0.865. The third kappa shape index (κ3) is 3.14.